The number of halogens is 1. The van der Waals surface area contributed by atoms with Crippen LogP contribution in [0.4, 0.5) is 4.39 Å². The molecule has 1 aromatic heterocycles. The van der Waals surface area contributed by atoms with Crippen LogP contribution in [0.1, 0.15) is 0 Å². The van der Waals surface area contributed by atoms with Crippen LogP contribution in [0.3, 0.4) is 0 Å². The number of carbonyl (C=O) groups excluding carboxylic acids is 1. The summed E-state index contributed by atoms with van der Waals surface area (Å²) in [6.45, 7) is -0.790. The van der Waals surface area contributed by atoms with Crippen molar-refractivity contribution in [3.05, 3.63) is 42.2 Å². The van der Waals surface area contributed by atoms with Crippen molar-refractivity contribution in [2.24, 2.45) is 0 Å². The Morgan fingerprint density at radius 3 is 2.38 bits per heavy atom. The van der Waals surface area contributed by atoms with Crippen molar-refractivity contribution in [3.63, 3.8) is 0 Å². The molecule has 1 amide bonds. The fourth-order valence-electron chi connectivity index (χ4n) is 2.96. The highest BCUT2D eigenvalue weighted by atomic mass is 32.2. The van der Waals surface area contributed by atoms with Crippen molar-refractivity contribution in [1.82, 2.24) is 14.1 Å². The highest BCUT2D eigenvalue weighted by Gasteiger charge is 2.42. The van der Waals surface area contributed by atoms with Crippen LogP contribution in [0.25, 0.3) is 10.4 Å². The molecule has 1 saturated heterocycles. The van der Waals surface area contributed by atoms with Gasteiger partial charge in [-0.05, 0) is 29.8 Å². The molecule has 1 aliphatic rings. The number of benzene rings is 1. The standard InChI is InChI=1S/C16H18FN3O6S3/c1-28(23,24)19-8-9-20(13(10-19)16(21)18-22)29(25,26)15-7-6-14(27-15)11-2-4-12(17)5-3-11/h2-7,13,22H,8-10H2,1H3,(H,18,21)/t13-/m1/s1. The third kappa shape index (κ3) is 4.49. The first kappa shape index (κ1) is 21.8. The molecule has 0 bridgehead atoms. The first-order valence-electron chi connectivity index (χ1n) is 8.31. The molecule has 1 fully saturated rings. The van der Waals surface area contributed by atoms with Crippen molar-refractivity contribution >= 4 is 37.3 Å². The second kappa shape index (κ2) is 8.08. The molecular weight excluding hydrogens is 445 g/mol. The number of hydroxylamine groups is 1. The third-order valence-electron chi connectivity index (χ3n) is 4.45. The molecule has 0 unspecified atom stereocenters. The smallest absolute Gasteiger partial charge is 0.263 e. The van der Waals surface area contributed by atoms with Gasteiger partial charge >= 0.3 is 0 Å². The van der Waals surface area contributed by atoms with Gasteiger partial charge in [0.15, 0.2) is 0 Å². The number of amides is 1. The molecule has 0 radical (unpaired) electrons. The minimum atomic E-state index is -4.15. The summed E-state index contributed by atoms with van der Waals surface area (Å²) in [5, 5.41) is 8.99. The predicted octanol–water partition coefficient (Wildman–Crippen LogP) is 0.694. The molecule has 1 aromatic carbocycles. The van der Waals surface area contributed by atoms with Gasteiger partial charge in [-0.3, -0.25) is 10.0 Å². The van der Waals surface area contributed by atoms with E-state index in [2.05, 4.69) is 0 Å². The fourth-order valence-corrected chi connectivity index (χ4v) is 6.80. The predicted molar refractivity (Wildman–Crippen MR) is 104 cm³/mol. The lowest BCUT2D eigenvalue weighted by Gasteiger charge is -2.37. The largest absolute Gasteiger partial charge is 0.289 e. The molecule has 0 aliphatic carbocycles. The maximum atomic E-state index is 13.1. The number of piperazine rings is 1. The molecule has 2 N–H and O–H groups in total. The molecule has 13 heteroatoms. The van der Waals surface area contributed by atoms with Gasteiger partial charge in [-0.15, -0.1) is 11.3 Å². The summed E-state index contributed by atoms with van der Waals surface area (Å²) < 4.78 is 64.7. The van der Waals surface area contributed by atoms with Gasteiger partial charge in [-0.1, -0.05) is 12.1 Å². The minimum Gasteiger partial charge on any atom is -0.289 e. The SMILES string of the molecule is CS(=O)(=O)N1CCN(S(=O)(=O)c2ccc(-c3ccc(F)cc3)s2)[C@@H](C(=O)NO)C1. The van der Waals surface area contributed by atoms with E-state index in [1.165, 1.54) is 35.8 Å². The molecule has 158 valence electrons. The van der Waals surface area contributed by atoms with Crippen LogP contribution in [0.2, 0.25) is 0 Å². The second-order valence-electron chi connectivity index (χ2n) is 6.35. The van der Waals surface area contributed by atoms with Crippen LogP contribution in [0.5, 0.6) is 0 Å². The molecule has 1 aliphatic heterocycles. The summed E-state index contributed by atoms with van der Waals surface area (Å²) in [4.78, 5) is 12.7. The monoisotopic (exact) mass is 463 g/mol. The second-order valence-corrected chi connectivity index (χ2v) is 11.5. The van der Waals surface area contributed by atoms with Gasteiger partial charge < -0.3 is 0 Å². The first-order chi connectivity index (χ1) is 13.5. The molecular formula is C16H18FN3O6S3. The van der Waals surface area contributed by atoms with E-state index in [1.54, 1.807) is 6.07 Å². The summed E-state index contributed by atoms with van der Waals surface area (Å²) in [7, 11) is -7.79. The highest BCUT2D eigenvalue weighted by molar-refractivity contribution is 7.91. The van der Waals surface area contributed by atoms with Gasteiger partial charge in [-0.2, -0.15) is 8.61 Å². The zero-order chi connectivity index (χ0) is 21.4. The Morgan fingerprint density at radius 1 is 1.14 bits per heavy atom. The Bertz CT molecular complexity index is 1120. The van der Waals surface area contributed by atoms with E-state index in [4.69, 9.17) is 5.21 Å². The summed E-state index contributed by atoms with van der Waals surface area (Å²) in [5.41, 5.74) is 2.03. The van der Waals surface area contributed by atoms with E-state index >= 15 is 0 Å². The lowest BCUT2D eigenvalue weighted by molar-refractivity contribution is -0.134. The third-order valence-corrected chi connectivity index (χ3v) is 9.23. The summed E-state index contributed by atoms with van der Waals surface area (Å²) in [6, 6.07) is 7.07. The number of rotatable bonds is 5. The molecule has 29 heavy (non-hydrogen) atoms. The number of carbonyl (C=O) groups is 1. The Morgan fingerprint density at radius 2 is 1.79 bits per heavy atom. The number of thiophene rings is 1. The van der Waals surface area contributed by atoms with Crippen molar-refractivity contribution in [3.8, 4) is 10.4 Å². The van der Waals surface area contributed by atoms with E-state index in [0.29, 0.717) is 10.4 Å². The van der Waals surface area contributed by atoms with Crippen LogP contribution in [0, 0.1) is 5.82 Å². The van der Waals surface area contributed by atoms with Crippen molar-refractivity contribution < 1.29 is 31.2 Å². The van der Waals surface area contributed by atoms with E-state index < -0.39 is 44.4 Å². The Balaban J connectivity index is 1.93. The van der Waals surface area contributed by atoms with Crippen molar-refractivity contribution in [1.29, 1.82) is 0 Å². The van der Waals surface area contributed by atoms with Gasteiger partial charge in [-0.25, -0.2) is 26.7 Å². The normalized spacial score (nSPS) is 19.2. The highest BCUT2D eigenvalue weighted by Crippen LogP contribution is 2.33. The zero-order valence-corrected chi connectivity index (χ0v) is 17.6. The van der Waals surface area contributed by atoms with Gasteiger partial charge in [0, 0.05) is 24.5 Å². The van der Waals surface area contributed by atoms with Gasteiger partial charge in [0.2, 0.25) is 10.0 Å². The average Bonchev–Trinajstić information content (AvgIpc) is 3.18. The van der Waals surface area contributed by atoms with E-state index in [0.717, 1.165) is 26.2 Å². The minimum absolute atomic E-state index is 0.0552. The number of hydrogen-bond donors (Lipinski definition) is 2. The molecule has 2 aromatic rings. The van der Waals surface area contributed by atoms with E-state index in [-0.39, 0.29) is 17.3 Å². The maximum absolute atomic E-state index is 13.1. The number of hydrogen-bond acceptors (Lipinski definition) is 7. The number of nitrogens with zero attached hydrogens (tertiary/aromatic N) is 2. The quantitative estimate of drug-likeness (QED) is 0.497. The fraction of sp³-hybridized carbons (Fsp3) is 0.312. The van der Waals surface area contributed by atoms with Crippen LogP contribution < -0.4 is 5.48 Å². The number of nitrogens with one attached hydrogen (secondary N) is 1. The molecule has 0 saturated carbocycles. The van der Waals surface area contributed by atoms with Crippen molar-refractivity contribution in [2.75, 3.05) is 25.9 Å². The maximum Gasteiger partial charge on any atom is 0.263 e. The summed E-state index contributed by atoms with van der Waals surface area (Å²) in [6.07, 6.45) is 0.958. The Labute approximate surface area is 171 Å². The molecule has 1 atom stereocenters. The summed E-state index contributed by atoms with van der Waals surface area (Å²) >= 11 is 0.942. The van der Waals surface area contributed by atoms with E-state index in [9.17, 15) is 26.0 Å². The van der Waals surface area contributed by atoms with E-state index in [1.807, 2.05) is 0 Å². The van der Waals surface area contributed by atoms with Crippen LogP contribution in [0.15, 0.2) is 40.6 Å². The topological polar surface area (TPSA) is 124 Å². The summed E-state index contributed by atoms with van der Waals surface area (Å²) in [5.74, 6) is -1.45. The van der Waals surface area contributed by atoms with Crippen LogP contribution >= 0.6 is 11.3 Å². The van der Waals surface area contributed by atoms with Gasteiger partial charge in [0.1, 0.15) is 16.1 Å². The van der Waals surface area contributed by atoms with Crippen LogP contribution in [-0.4, -0.2) is 68.5 Å². The molecule has 0 spiro atoms. The average molecular weight is 464 g/mol. The van der Waals surface area contributed by atoms with Crippen LogP contribution in [-0.2, 0) is 24.8 Å². The van der Waals surface area contributed by atoms with Crippen molar-refractivity contribution in [2.45, 2.75) is 10.3 Å². The lowest BCUT2D eigenvalue weighted by Crippen LogP contribution is -2.60. The number of sulfonamides is 2. The molecule has 3 rings (SSSR count). The molecule has 9 nitrogen and oxygen atoms in total. The van der Waals surface area contributed by atoms with Gasteiger partial charge in [0.25, 0.3) is 15.9 Å². The lowest BCUT2D eigenvalue weighted by atomic mass is 10.2. The molecule has 2 heterocycles. The Hall–Kier alpha value is -1.90. The zero-order valence-electron chi connectivity index (χ0n) is 15.1. The van der Waals surface area contributed by atoms with Gasteiger partial charge in [0.05, 0.1) is 6.26 Å². The first-order valence-corrected chi connectivity index (χ1v) is 12.4. The Kier molecular flexibility index (Phi) is 6.08.